The van der Waals surface area contributed by atoms with Crippen molar-refractivity contribution >= 4 is 17.5 Å². The Hall–Kier alpha value is -1.26. The normalized spacial score (nSPS) is 12.0. The Labute approximate surface area is 112 Å². The van der Waals surface area contributed by atoms with Gasteiger partial charge in [0.2, 0.25) is 5.91 Å². The van der Waals surface area contributed by atoms with Crippen molar-refractivity contribution in [3.05, 3.63) is 28.8 Å². The minimum Gasteiger partial charge on any atom is -0.493 e. The van der Waals surface area contributed by atoms with E-state index in [1.54, 1.807) is 18.2 Å². The summed E-state index contributed by atoms with van der Waals surface area (Å²) in [6.07, 6.45) is 0.328. The number of amides is 1. The molecular formula is C13H19ClN2O2. The maximum atomic E-state index is 11.3. The smallest absolute Gasteiger partial charge is 0.223 e. The van der Waals surface area contributed by atoms with Crippen LogP contribution in [0.2, 0.25) is 5.02 Å². The lowest BCUT2D eigenvalue weighted by Crippen LogP contribution is -2.24. The van der Waals surface area contributed by atoms with Crippen LogP contribution in [0.15, 0.2) is 18.2 Å². The molecule has 1 aromatic carbocycles. The van der Waals surface area contributed by atoms with Gasteiger partial charge in [-0.3, -0.25) is 4.79 Å². The van der Waals surface area contributed by atoms with Gasteiger partial charge in [0.25, 0.3) is 0 Å². The standard InChI is InChI=1S/C13H19ClN2O2/c1-3-16-13(17)6-7-18-12-5-4-10(14)8-11(12)9(2)15/h4-5,8-9H,3,6-7,15H2,1-2H3,(H,16,17)/t9-/m0/s1. The molecule has 0 aliphatic rings. The van der Waals surface area contributed by atoms with Crippen LogP contribution in [0.5, 0.6) is 5.75 Å². The summed E-state index contributed by atoms with van der Waals surface area (Å²) in [5.41, 5.74) is 6.69. The Morgan fingerprint density at radius 3 is 2.89 bits per heavy atom. The second kappa shape index (κ2) is 7.24. The Balaban J connectivity index is 2.59. The van der Waals surface area contributed by atoms with Crippen LogP contribution in [0.1, 0.15) is 31.9 Å². The number of hydrogen-bond acceptors (Lipinski definition) is 3. The topological polar surface area (TPSA) is 64.3 Å². The van der Waals surface area contributed by atoms with E-state index in [9.17, 15) is 4.79 Å². The largest absolute Gasteiger partial charge is 0.493 e. The highest BCUT2D eigenvalue weighted by Gasteiger charge is 2.09. The summed E-state index contributed by atoms with van der Waals surface area (Å²) in [7, 11) is 0. The lowest BCUT2D eigenvalue weighted by Gasteiger charge is -2.14. The lowest BCUT2D eigenvalue weighted by molar-refractivity contribution is -0.121. The van der Waals surface area contributed by atoms with E-state index in [-0.39, 0.29) is 11.9 Å². The van der Waals surface area contributed by atoms with E-state index in [0.29, 0.717) is 30.3 Å². The van der Waals surface area contributed by atoms with E-state index in [1.807, 2.05) is 13.8 Å². The number of benzene rings is 1. The monoisotopic (exact) mass is 270 g/mol. The number of carbonyl (C=O) groups is 1. The number of carbonyl (C=O) groups excluding carboxylic acids is 1. The molecule has 0 fully saturated rings. The third-order valence-electron chi connectivity index (χ3n) is 2.42. The zero-order chi connectivity index (χ0) is 13.5. The molecule has 0 radical (unpaired) electrons. The summed E-state index contributed by atoms with van der Waals surface area (Å²) < 4.78 is 5.57. The molecule has 1 amide bonds. The zero-order valence-electron chi connectivity index (χ0n) is 10.7. The van der Waals surface area contributed by atoms with Gasteiger partial charge in [0, 0.05) is 23.2 Å². The molecule has 0 aliphatic carbocycles. The van der Waals surface area contributed by atoms with Crippen molar-refractivity contribution in [1.29, 1.82) is 0 Å². The molecule has 18 heavy (non-hydrogen) atoms. The van der Waals surface area contributed by atoms with Crippen LogP contribution >= 0.6 is 11.6 Å². The molecule has 0 saturated heterocycles. The maximum Gasteiger partial charge on any atom is 0.223 e. The first-order chi connectivity index (χ1) is 8.54. The molecule has 0 unspecified atom stereocenters. The van der Waals surface area contributed by atoms with Gasteiger partial charge < -0.3 is 15.8 Å². The van der Waals surface area contributed by atoms with Crippen molar-refractivity contribution < 1.29 is 9.53 Å². The molecule has 1 rings (SSSR count). The molecular weight excluding hydrogens is 252 g/mol. The highest BCUT2D eigenvalue weighted by Crippen LogP contribution is 2.27. The fourth-order valence-electron chi connectivity index (χ4n) is 1.55. The Morgan fingerprint density at radius 2 is 2.28 bits per heavy atom. The van der Waals surface area contributed by atoms with Gasteiger partial charge >= 0.3 is 0 Å². The SMILES string of the molecule is CCNC(=O)CCOc1ccc(Cl)cc1[C@H](C)N. The van der Waals surface area contributed by atoms with Gasteiger partial charge in [0.1, 0.15) is 5.75 Å². The van der Waals surface area contributed by atoms with Gasteiger partial charge in [-0.2, -0.15) is 0 Å². The average molecular weight is 271 g/mol. The van der Waals surface area contributed by atoms with Crippen LogP contribution in [-0.2, 0) is 4.79 Å². The lowest BCUT2D eigenvalue weighted by atomic mass is 10.1. The number of hydrogen-bond donors (Lipinski definition) is 2. The minimum absolute atomic E-state index is 0.0196. The molecule has 0 bridgehead atoms. The van der Waals surface area contributed by atoms with Crippen LogP contribution in [0.25, 0.3) is 0 Å². The van der Waals surface area contributed by atoms with Crippen molar-refractivity contribution in [2.24, 2.45) is 5.73 Å². The predicted molar refractivity (Wildman–Crippen MR) is 72.9 cm³/mol. The number of rotatable bonds is 6. The molecule has 0 aliphatic heterocycles. The van der Waals surface area contributed by atoms with E-state index in [0.717, 1.165) is 5.56 Å². The van der Waals surface area contributed by atoms with Crippen LogP contribution in [0, 0.1) is 0 Å². The van der Waals surface area contributed by atoms with Gasteiger partial charge in [0.05, 0.1) is 13.0 Å². The molecule has 0 spiro atoms. The first-order valence-corrected chi connectivity index (χ1v) is 6.37. The third kappa shape index (κ3) is 4.55. The van der Waals surface area contributed by atoms with Crippen molar-refractivity contribution in [1.82, 2.24) is 5.32 Å². The summed E-state index contributed by atoms with van der Waals surface area (Å²) in [4.78, 5) is 11.3. The predicted octanol–water partition coefficient (Wildman–Crippen LogP) is 2.26. The quantitative estimate of drug-likeness (QED) is 0.833. The van der Waals surface area contributed by atoms with E-state index >= 15 is 0 Å². The first-order valence-electron chi connectivity index (χ1n) is 5.99. The van der Waals surface area contributed by atoms with Crippen molar-refractivity contribution in [3.63, 3.8) is 0 Å². The molecule has 0 saturated carbocycles. The van der Waals surface area contributed by atoms with Gasteiger partial charge in [0.15, 0.2) is 0 Å². The molecule has 100 valence electrons. The summed E-state index contributed by atoms with van der Waals surface area (Å²) in [6, 6.07) is 5.14. The molecule has 0 heterocycles. The van der Waals surface area contributed by atoms with Crippen LogP contribution < -0.4 is 15.8 Å². The zero-order valence-corrected chi connectivity index (χ0v) is 11.5. The molecule has 1 atom stereocenters. The fourth-order valence-corrected chi connectivity index (χ4v) is 1.73. The third-order valence-corrected chi connectivity index (χ3v) is 2.66. The number of nitrogens with one attached hydrogen (secondary N) is 1. The van der Waals surface area contributed by atoms with Crippen LogP contribution in [0.3, 0.4) is 0 Å². The Morgan fingerprint density at radius 1 is 1.56 bits per heavy atom. The average Bonchev–Trinajstić information content (AvgIpc) is 2.31. The van der Waals surface area contributed by atoms with Crippen LogP contribution in [-0.4, -0.2) is 19.1 Å². The number of ether oxygens (including phenoxy) is 1. The van der Waals surface area contributed by atoms with E-state index in [2.05, 4.69) is 5.32 Å². The summed E-state index contributed by atoms with van der Waals surface area (Å²) >= 11 is 5.91. The second-order valence-electron chi connectivity index (χ2n) is 4.02. The van der Waals surface area contributed by atoms with E-state index in [4.69, 9.17) is 22.1 Å². The minimum atomic E-state index is -0.164. The van der Waals surface area contributed by atoms with Crippen molar-refractivity contribution in [2.45, 2.75) is 26.3 Å². The Bertz CT molecular complexity index is 408. The maximum absolute atomic E-state index is 11.3. The van der Waals surface area contributed by atoms with Crippen molar-refractivity contribution in [3.8, 4) is 5.75 Å². The molecule has 0 aromatic heterocycles. The van der Waals surface area contributed by atoms with Crippen molar-refractivity contribution in [2.75, 3.05) is 13.2 Å². The molecule has 3 N–H and O–H groups in total. The fraction of sp³-hybridized carbons (Fsp3) is 0.462. The summed E-state index contributed by atoms with van der Waals surface area (Å²) in [5, 5.41) is 3.34. The Kier molecular flexibility index (Phi) is 5.95. The molecule has 4 nitrogen and oxygen atoms in total. The first kappa shape index (κ1) is 14.8. The molecule has 1 aromatic rings. The summed E-state index contributed by atoms with van der Waals surface area (Å²) in [6.45, 7) is 4.70. The van der Waals surface area contributed by atoms with Gasteiger partial charge in [-0.1, -0.05) is 11.6 Å². The van der Waals surface area contributed by atoms with Gasteiger partial charge in [-0.05, 0) is 32.0 Å². The second-order valence-corrected chi connectivity index (χ2v) is 4.46. The molecule has 5 heteroatoms. The highest BCUT2D eigenvalue weighted by atomic mass is 35.5. The number of nitrogens with two attached hydrogens (primary N) is 1. The van der Waals surface area contributed by atoms with Gasteiger partial charge in [-0.25, -0.2) is 0 Å². The van der Waals surface area contributed by atoms with E-state index < -0.39 is 0 Å². The summed E-state index contributed by atoms with van der Waals surface area (Å²) in [5.74, 6) is 0.660. The van der Waals surface area contributed by atoms with E-state index in [1.165, 1.54) is 0 Å². The number of halogens is 1. The van der Waals surface area contributed by atoms with Gasteiger partial charge in [-0.15, -0.1) is 0 Å². The van der Waals surface area contributed by atoms with Crippen LogP contribution in [0.4, 0.5) is 0 Å². The highest BCUT2D eigenvalue weighted by molar-refractivity contribution is 6.30.